The number of hydrogen-bond acceptors (Lipinski definition) is 3. The van der Waals surface area contributed by atoms with Gasteiger partial charge in [0.25, 0.3) is 5.91 Å². The van der Waals surface area contributed by atoms with Crippen molar-refractivity contribution in [3.63, 3.8) is 0 Å². The van der Waals surface area contributed by atoms with Crippen LogP contribution in [0.25, 0.3) is 6.08 Å². The lowest BCUT2D eigenvalue weighted by Gasteiger charge is -2.08. The number of nitrogens with zero attached hydrogens (tertiary/aromatic N) is 1. The molecule has 0 unspecified atom stereocenters. The van der Waals surface area contributed by atoms with Crippen LogP contribution in [0.15, 0.2) is 84.4 Å². The van der Waals surface area contributed by atoms with E-state index < -0.39 is 5.91 Å². The van der Waals surface area contributed by atoms with Gasteiger partial charge < -0.3 is 10.1 Å². The fraction of sp³-hybridized carbons (Fsp3) is 0.0833. The summed E-state index contributed by atoms with van der Waals surface area (Å²) in [7, 11) is 0. The molecular weight excluding hydrogens is 348 g/mol. The van der Waals surface area contributed by atoms with Crippen LogP contribution in [0.5, 0.6) is 5.75 Å². The summed E-state index contributed by atoms with van der Waals surface area (Å²) in [4.78, 5) is 12.4. The number of carbonyl (C=O) groups is 1. The summed E-state index contributed by atoms with van der Waals surface area (Å²) in [5.74, 6) is 0.234. The Morgan fingerprint density at radius 3 is 2.57 bits per heavy atom. The second-order valence-electron chi connectivity index (χ2n) is 6.34. The number of carbonyl (C=O) groups excluding carboxylic acids is 1. The van der Waals surface area contributed by atoms with Crippen LogP contribution in [0.3, 0.4) is 0 Å². The Kier molecular flexibility index (Phi) is 6.22. The Hall–Kier alpha value is -3.84. The largest absolute Gasteiger partial charge is 0.489 e. The molecule has 0 aromatic heterocycles. The van der Waals surface area contributed by atoms with E-state index in [1.54, 1.807) is 18.2 Å². The molecule has 0 aliphatic heterocycles. The number of nitriles is 1. The van der Waals surface area contributed by atoms with E-state index in [1.165, 1.54) is 0 Å². The van der Waals surface area contributed by atoms with Gasteiger partial charge in [-0.25, -0.2) is 0 Å². The van der Waals surface area contributed by atoms with Crippen LogP contribution in [0.1, 0.15) is 16.7 Å². The fourth-order valence-electron chi connectivity index (χ4n) is 2.67. The molecule has 3 rings (SSSR count). The lowest BCUT2D eigenvalue weighted by Crippen LogP contribution is -2.13. The first kappa shape index (κ1) is 18.9. The molecular formula is C24H20N2O2. The van der Waals surface area contributed by atoms with Crippen molar-refractivity contribution in [2.75, 3.05) is 5.32 Å². The van der Waals surface area contributed by atoms with Gasteiger partial charge >= 0.3 is 0 Å². The van der Waals surface area contributed by atoms with Crippen molar-refractivity contribution in [1.29, 1.82) is 5.26 Å². The van der Waals surface area contributed by atoms with Crippen LogP contribution in [-0.4, -0.2) is 5.91 Å². The van der Waals surface area contributed by atoms with Crippen molar-refractivity contribution in [1.82, 2.24) is 0 Å². The van der Waals surface area contributed by atoms with Gasteiger partial charge in [0, 0.05) is 5.69 Å². The first-order valence-electron chi connectivity index (χ1n) is 8.90. The van der Waals surface area contributed by atoms with E-state index in [9.17, 15) is 10.1 Å². The van der Waals surface area contributed by atoms with Crippen molar-refractivity contribution in [3.05, 3.63) is 101 Å². The average Bonchev–Trinajstić information content (AvgIpc) is 2.71. The molecule has 3 aromatic carbocycles. The molecule has 0 heterocycles. The zero-order chi connectivity index (χ0) is 19.8. The maximum atomic E-state index is 12.4. The van der Waals surface area contributed by atoms with Gasteiger partial charge in [-0.2, -0.15) is 5.26 Å². The van der Waals surface area contributed by atoms with Crippen molar-refractivity contribution < 1.29 is 9.53 Å². The van der Waals surface area contributed by atoms with Gasteiger partial charge in [-0.1, -0.05) is 54.6 Å². The van der Waals surface area contributed by atoms with E-state index in [0.29, 0.717) is 18.0 Å². The molecule has 138 valence electrons. The van der Waals surface area contributed by atoms with Crippen molar-refractivity contribution in [2.24, 2.45) is 0 Å². The molecule has 0 spiro atoms. The number of amides is 1. The van der Waals surface area contributed by atoms with Gasteiger partial charge in [0.2, 0.25) is 0 Å². The Labute approximate surface area is 164 Å². The molecule has 1 amide bonds. The highest BCUT2D eigenvalue weighted by molar-refractivity contribution is 6.09. The topological polar surface area (TPSA) is 62.1 Å². The zero-order valence-electron chi connectivity index (χ0n) is 15.6. The summed E-state index contributed by atoms with van der Waals surface area (Å²) >= 11 is 0. The number of anilines is 1. The SMILES string of the molecule is Cc1cccc(NC(=O)/C(C#N)=C/c2cccc(OCc3ccccc3)c2)c1. The first-order chi connectivity index (χ1) is 13.6. The molecule has 0 aliphatic rings. The minimum Gasteiger partial charge on any atom is -0.489 e. The average molecular weight is 368 g/mol. The number of ether oxygens (including phenoxy) is 1. The highest BCUT2D eigenvalue weighted by Crippen LogP contribution is 2.18. The predicted molar refractivity (Wildman–Crippen MR) is 111 cm³/mol. The minimum atomic E-state index is -0.441. The molecule has 28 heavy (non-hydrogen) atoms. The Balaban J connectivity index is 1.71. The van der Waals surface area contributed by atoms with Crippen molar-refractivity contribution in [2.45, 2.75) is 13.5 Å². The van der Waals surface area contributed by atoms with Gasteiger partial charge in [-0.3, -0.25) is 4.79 Å². The third kappa shape index (κ3) is 5.33. The smallest absolute Gasteiger partial charge is 0.266 e. The van der Waals surface area contributed by atoms with E-state index in [0.717, 1.165) is 16.7 Å². The number of nitrogens with one attached hydrogen (secondary N) is 1. The van der Waals surface area contributed by atoms with E-state index >= 15 is 0 Å². The summed E-state index contributed by atoms with van der Waals surface area (Å²) in [5, 5.41) is 12.2. The van der Waals surface area contributed by atoms with E-state index in [4.69, 9.17) is 4.74 Å². The number of aryl methyl sites for hydroxylation is 1. The monoisotopic (exact) mass is 368 g/mol. The maximum absolute atomic E-state index is 12.4. The summed E-state index contributed by atoms with van der Waals surface area (Å²) in [6, 6.07) is 26.6. The minimum absolute atomic E-state index is 0.0294. The lowest BCUT2D eigenvalue weighted by molar-refractivity contribution is -0.112. The fourth-order valence-corrected chi connectivity index (χ4v) is 2.67. The quantitative estimate of drug-likeness (QED) is 0.485. The second kappa shape index (κ2) is 9.20. The van der Waals surface area contributed by atoms with Crippen LogP contribution in [0.2, 0.25) is 0 Å². The Morgan fingerprint density at radius 1 is 1.04 bits per heavy atom. The summed E-state index contributed by atoms with van der Waals surface area (Å²) in [6.07, 6.45) is 1.56. The molecule has 0 bridgehead atoms. The van der Waals surface area contributed by atoms with E-state index in [1.807, 2.05) is 79.7 Å². The van der Waals surface area contributed by atoms with E-state index in [2.05, 4.69) is 5.32 Å². The van der Waals surface area contributed by atoms with Crippen molar-refractivity contribution >= 4 is 17.7 Å². The van der Waals surface area contributed by atoms with Gasteiger partial charge in [-0.15, -0.1) is 0 Å². The summed E-state index contributed by atoms with van der Waals surface area (Å²) in [5.41, 5.74) is 3.51. The molecule has 0 atom stereocenters. The van der Waals surface area contributed by atoms with Crippen molar-refractivity contribution in [3.8, 4) is 11.8 Å². The molecule has 0 fully saturated rings. The van der Waals surface area contributed by atoms with Gasteiger partial charge in [0.1, 0.15) is 24.0 Å². The second-order valence-corrected chi connectivity index (χ2v) is 6.34. The van der Waals surface area contributed by atoms with Gasteiger partial charge in [0.15, 0.2) is 0 Å². The molecule has 3 aromatic rings. The van der Waals surface area contributed by atoms with Crippen LogP contribution in [0.4, 0.5) is 5.69 Å². The third-order valence-electron chi connectivity index (χ3n) is 4.06. The predicted octanol–water partition coefficient (Wildman–Crippen LogP) is 5.12. The number of benzene rings is 3. The molecule has 4 nitrogen and oxygen atoms in total. The Morgan fingerprint density at radius 2 is 1.82 bits per heavy atom. The van der Waals surface area contributed by atoms with Crippen LogP contribution in [-0.2, 0) is 11.4 Å². The van der Waals surface area contributed by atoms with E-state index in [-0.39, 0.29) is 5.57 Å². The van der Waals surface area contributed by atoms with Crippen LogP contribution in [0, 0.1) is 18.3 Å². The molecule has 0 saturated carbocycles. The standard InChI is InChI=1S/C24H20N2O2/c1-18-7-5-11-22(13-18)26-24(27)21(16-25)14-20-10-6-12-23(15-20)28-17-19-8-3-2-4-9-19/h2-15H,17H2,1H3,(H,26,27)/b21-14+. The zero-order valence-corrected chi connectivity index (χ0v) is 15.6. The molecule has 1 N–H and O–H groups in total. The molecule has 0 saturated heterocycles. The molecule has 0 aliphatic carbocycles. The van der Waals surface area contributed by atoms with Crippen LogP contribution >= 0.6 is 0 Å². The molecule has 0 radical (unpaired) electrons. The van der Waals surface area contributed by atoms with Gasteiger partial charge in [0.05, 0.1) is 0 Å². The summed E-state index contributed by atoms with van der Waals surface area (Å²) < 4.78 is 5.80. The first-order valence-corrected chi connectivity index (χ1v) is 8.90. The maximum Gasteiger partial charge on any atom is 0.266 e. The van der Waals surface area contributed by atoms with Crippen LogP contribution < -0.4 is 10.1 Å². The summed E-state index contributed by atoms with van der Waals surface area (Å²) in [6.45, 7) is 2.39. The number of hydrogen-bond donors (Lipinski definition) is 1. The third-order valence-corrected chi connectivity index (χ3v) is 4.06. The normalized spacial score (nSPS) is 10.8. The number of rotatable bonds is 6. The Bertz CT molecular complexity index is 1030. The lowest BCUT2D eigenvalue weighted by atomic mass is 10.1. The highest BCUT2D eigenvalue weighted by atomic mass is 16.5. The molecule has 4 heteroatoms. The van der Waals surface area contributed by atoms with Gasteiger partial charge in [-0.05, 0) is 54.0 Å². The highest BCUT2D eigenvalue weighted by Gasteiger charge is 2.10.